The standard InChI is InChI=1S/C74H82N4O4/c1-7-13-21-51(11-5)49-77(61-37-29-53(30-38-61)23-15-9-3)63-41-43-65(67(47-63)75-73(81)59-35-33-55-25-17-19-27-57(55)45-59)69-71(79)70(72(69)80)66-44-42-64(48-68(66)76-74(82)60-36-34-56-26-18-20-28-58(56)46-60)78(50-52(12-6)22-14-8-2)62-39-31-54(32-40-62)24-16-10-4/h17-20,25-48,51-52H,7-16,21-24,49-50H2,1-6H3,(H2,75,76,79,80,81,82). The highest BCUT2D eigenvalue weighted by Crippen LogP contribution is 2.43. The first-order valence-corrected chi connectivity index (χ1v) is 30.5. The largest absolute Gasteiger partial charge is 0.871 e. The lowest BCUT2D eigenvalue weighted by Gasteiger charge is -2.35. The van der Waals surface area contributed by atoms with Gasteiger partial charge in [-0.25, -0.2) is 0 Å². The average molecular weight is 1090 g/mol. The number of nitrogens with one attached hydrogen (secondary N) is 2. The quantitative estimate of drug-likeness (QED) is 0.0415. The van der Waals surface area contributed by atoms with Gasteiger partial charge in [0.2, 0.25) is 11.4 Å². The first-order valence-electron chi connectivity index (χ1n) is 30.5. The molecule has 82 heavy (non-hydrogen) atoms. The van der Waals surface area contributed by atoms with E-state index in [1.165, 1.54) is 11.1 Å². The summed E-state index contributed by atoms with van der Waals surface area (Å²) < 4.78 is 2.32. The number of anilines is 3. The number of allylic oxidation sites excluding steroid dienone is 5. The zero-order chi connectivity index (χ0) is 57.5. The molecule has 0 spiro atoms. The Morgan fingerprint density at radius 3 is 1.65 bits per heavy atom. The zero-order valence-corrected chi connectivity index (χ0v) is 49.2. The molecule has 8 nitrogen and oxygen atoms in total. The summed E-state index contributed by atoms with van der Waals surface area (Å²) in [5.74, 6) is -0.828. The number of fused-ring (bicyclic) bond motifs is 2. The minimum absolute atomic E-state index is 0.0149. The molecule has 2 N–H and O–H groups in total. The number of unbranched alkanes of at least 4 members (excludes halogenated alkanes) is 4. The Morgan fingerprint density at radius 1 is 0.549 bits per heavy atom. The molecule has 9 rings (SSSR count). The highest BCUT2D eigenvalue weighted by atomic mass is 16.3. The SMILES string of the molecule is CCCCc1ccc(N(CC(CC)CCCC)c2ccc(C3=C([O-])/C(=C4/C=CC(=[N+](CC(CC)CCCC)c5ccc(CCCC)cc5)C=C4NC(=O)c4ccc5ccccc5c4)C3=O)c(NC(=O)c3ccc4ccccc4c3)c2)cc1. The normalized spacial score (nSPS) is 15.5. The Bertz CT molecular complexity index is 3580. The first-order chi connectivity index (χ1) is 40.0. The van der Waals surface area contributed by atoms with Gasteiger partial charge in [0.25, 0.3) is 11.8 Å². The number of rotatable bonds is 26. The maximum absolute atomic E-state index is 15.2. The van der Waals surface area contributed by atoms with Crippen LogP contribution >= 0.6 is 0 Å². The second kappa shape index (κ2) is 28.1. The molecule has 7 aromatic carbocycles. The molecule has 0 heterocycles. The molecular weight excluding hydrogens is 1010 g/mol. The molecule has 0 radical (unpaired) electrons. The maximum Gasteiger partial charge on any atom is 0.255 e. The van der Waals surface area contributed by atoms with Crippen molar-refractivity contribution in [3.8, 4) is 0 Å². The number of ketones is 1. The molecule has 2 atom stereocenters. The molecule has 2 amide bonds. The van der Waals surface area contributed by atoms with E-state index in [0.717, 1.165) is 147 Å². The van der Waals surface area contributed by atoms with Crippen LogP contribution in [0.3, 0.4) is 0 Å². The van der Waals surface area contributed by atoms with Crippen LogP contribution in [0.5, 0.6) is 0 Å². The van der Waals surface area contributed by atoms with Gasteiger partial charge in [0, 0.05) is 81.5 Å². The Hall–Kier alpha value is -8.10. The van der Waals surface area contributed by atoms with Gasteiger partial charge >= 0.3 is 0 Å². The van der Waals surface area contributed by atoms with E-state index in [0.29, 0.717) is 45.5 Å². The number of amides is 2. The fraction of sp³-hybridized carbons (Fsp3) is 0.324. The molecule has 0 saturated carbocycles. The number of aryl methyl sites for hydroxylation is 2. The molecule has 0 saturated heterocycles. The van der Waals surface area contributed by atoms with Crippen molar-refractivity contribution in [3.05, 3.63) is 220 Å². The van der Waals surface area contributed by atoms with Crippen LogP contribution in [0, 0.1) is 11.8 Å². The van der Waals surface area contributed by atoms with E-state index in [2.05, 4.69) is 110 Å². The third-order valence-electron chi connectivity index (χ3n) is 16.7. The van der Waals surface area contributed by atoms with Gasteiger partial charge < -0.3 is 20.6 Å². The molecule has 8 heteroatoms. The van der Waals surface area contributed by atoms with Crippen molar-refractivity contribution >= 4 is 73.2 Å². The molecule has 0 aliphatic heterocycles. The third-order valence-corrected chi connectivity index (χ3v) is 16.7. The van der Waals surface area contributed by atoms with Crippen LogP contribution < -0.4 is 20.6 Å². The van der Waals surface area contributed by atoms with E-state index in [1.54, 1.807) is 12.1 Å². The van der Waals surface area contributed by atoms with Crippen LogP contribution in [-0.2, 0) is 17.6 Å². The summed E-state index contributed by atoms with van der Waals surface area (Å²) in [6.45, 7) is 14.9. The minimum atomic E-state index is -0.455. The summed E-state index contributed by atoms with van der Waals surface area (Å²) in [7, 11) is 0. The monoisotopic (exact) mass is 1090 g/mol. The number of hydrogen-bond acceptors (Lipinski definition) is 5. The molecule has 0 fully saturated rings. The summed E-state index contributed by atoms with van der Waals surface area (Å²) in [5, 5.41) is 25.5. The topological polar surface area (TPSA) is 105 Å². The number of nitrogens with zero attached hydrogens (tertiary/aromatic N) is 2. The maximum atomic E-state index is 15.2. The zero-order valence-electron chi connectivity index (χ0n) is 49.2. The fourth-order valence-electron chi connectivity index (χ4n) is 11.5. The van der Waals surface area contributed by atoms with Gasteiger partial charge in [-0.1, -0.05) is 183 Å². The molecule has 0 bridgehead atoms. The van der Waals surface area contributed by atoms with E-state index in [-0.39, 0.29) is 23.0 Å². The van der Waals surface area contributed by atoms with Gasteiger partial charge in [-0.15, -0.1) is 0 Å². The van der Waals surface area contributed by atoms with Crippen LogP contribution in [0.25, 0.3) is 27.1 Å². The lowest BCUT2D eigenvalue weighted by atomic mass is 9.78. The van der Waals surface area contributed by atoms with Crippen molar-refractivity contribution < 1.29 is 24.1 Å². The van der Waals surface area contributed by atoms with E-state index in [9.17, 15) is 9.59 Å². The van der Waals surface area contributed by atoms with Gasteiger partial charge in [-0.2, -0.15) is 4.58 Å². The van der Waals surface area contributed by atoms with Crippen molar-refractivity contribution in [3.63, 3.8) is 0 Å². The number of Topliss-reactive ketones (excluding diaryl/α,β-unsaturated/α-hetero) is 1. The van der Waals surface area contributed by atoms with E-state index in [1.807, 2.05) is 109 Å². The fourth-order valence-corrected chi connectivity index (χ4v) is 11.5. The van der Waals surface area contributed by atoms with Crippen LogP contribution in [0.1, 0.15) is 156 Å². The number of benzene rings is 7. The molecule has 0 aromatic heterocycles. The summed E-state index contributed by atoms with van der Waals surface area (Å²) in [6, 6.07) is 50.4. The Morgan fingerprint density at radius 2 is 1.09 bits per heavy atom. The van der Waals surface area contributed by atoms with E-state index in [4.69, 9.17) is 0 Å². The lowest BCUT2D eigenvalue weighted by molar-refractivity contribution is -0.448. The van der Waals surface area contributed by atoms with Crippen molar-refractivity contribution in [2.24, 2.45) is 11.8 Å². The van der Waals surface area contributed by atoms with Crippen LogP contribution in [0.4, 0.5) is 22.7 Å². The van der Waals surface area contributed by atoms with Crippen molar-refractivity contribution in [1.82, 2.24) is 5.32 Å². The predicted molar refractivity (Wildman–Crippen MR) is 339 cm³/mol. The van der Waals surface area contributed by atoms with Gasteiger partial charge in [-0.3, -0.25) is 14.4 Å². The van der Waals surface area contributed by atoms with Gasteiger partial charge in [0.1, 0.15) is 0 Å². The predicted octanol–water partition coefficient (Wildman–Crippen LogP) is 17.1. The van der Waals surface area contributed by atoms with Crippen molar-refractivity contribution in [2.45, 2.75) is 131 Å². The van der Waals surface area contributed by atoms with Crippen LogP contribution in [-0.4, -0.2) is 41.0 Å². The second-order valence-corrected chi connectivity index (χ2v) is 22.5. The van der Waals surface area contributed by atoms with Crippen molar-refractivity contribution in [1.29, 1.82) is 0 Å². The molecule has 2 unspecified atom stereocenters. The molecule has 2 aliphatic carbocycles. The number of hydrogen-bond donors (Lipinski definition) is 2. The summed E-state index contributed by atoms with van der Waals surface area (Å²) >= 11 is 0. The Kier molecular flexibility index (Phi) is 20.0. The third kappa shape index (κ3) is 13.8. The van der Waals surface area contributed by atoms with Crippen LogP contribution in [0.2, 0.25) is 0 Å². The minimum Gasteiger partial charge on any atom is -0.871 e. The Balaban J connectivity index is 1.18. The molecule has 2 aliphatic rings. The first kappa shape index (κ1) is 58.6. The van der Waals surface area contributed by atoms with Gasteiger partial charge in [0.15, 0.2) is 12.3 Å². The molecule has 7 aromatic rings. The average Bonchev–Trinajstić information content (AvgIpc) is 3.46. The smallest absolute Gasteiger partial charge is 0.255 e. The highest BCUT2D eigenvalue weighted by Gasteiger charge is 2.36. The van der Waals surface area contributed by atoms with E-state index < -0.39 is 11.5 Å². The summed E-state index contributed by atoms with van der Waals surface area (Å²) in [4.78, 5) is 46.7. The van der Waals surface area contributed by atoms with Gasteiger partial charge in [-0.05, 0) is 138 Å². The lowest BCUT2D eigenvalue weighted by Crippen LogP contribution is -2.34. The molecule has 422 valence electrons. The second-order valence-electron chi connectivity index (χ2n) is 22.5. The Labute approximate surface area is 487 Å². The van der Waals surface area contributed by atoms with Crippen molar-refractivity contribution in [2.75, 3.05) is 23.3 Å². The highest BCUT2D eigenvalue weighted by molar-refractivity contribution is 6.40. The van der Waals surface area contributed by atoms with E-state index >= 15 is 9.90 Å². The summed E-state index contributed by atoms with van der Waals surface area (Å²) in [5.41, 5.74) is 8.60. The number of carbonyl (C=O) groups excluding carboxylic acids is 3. The van der Waals surface area contributed by atoms with Crippen LogP contribution in [0.15, 0.2) is 192 Å². The number of carbonyl (C=O) groups is 3. The molecular formula is C74H82N4O4. The van der Waals surface area contributed by atoms with Gasteiger partial charge in [0.05, 0.1) is 11.4 Å². The summed E-state index contributed by atoms with van der Waals surface area (Å²) in [6.07, 6.45) is 20.8.